The second-order valence-corrected chi connectivity index (χ2v) is 8.42. The molecule has 3 aromatic rings. The summed E-state index contributed by atoms with van der Waals surface area (Å²) in [6, 6.07) is 18.1. The van der Waals surface area contributed by atoms with Crippen LogP contribution in [0.25, 0.3) is 0 Å². The SMILES string of the molecule is COc1cc(Br)cc(C(=O)O)c1OCC(=O)N(Cc1ccccc1)Cc1ccc2c(c1)OCO2. The van der Waals surface area contributed by atoms with Crippen molar-refractivity contribution in [3.05, 3.63) is 81.8 Å². The highest BCUT2D eigenvalue weighted by molar-refractivity contribution is 9.10. The van der Waals surface area contributed by atoms with E-state index < -0.39 is 5.97 Å². The normalized spacial score (nSPS) is 11.7. The van der Waals surface area contributed by atoms with E-state index in [0.29, 0.717) is 29.1 Å². The van der Waals surface area contributed by atoms with Crippen LogP contribution in [-0.2, 0) is 17.9 Å². The predicted molar refractivity (Wildman–Crippen MR) is 126 cm³/mol. The number of ether oxygens (including phenoxy) is 4. The van der Waals surface area contributed by atoms with E-state index in [2.05, 4.69) is 15.9 Å². The van der Waals surface area contributed by atoms with Crippen molar-refractivity contribution in [1.29, 1.82) is 0 Å². The molecule has 0 unspecified atom stereocenters. The lowest BCUT2D eigenvalue weighted by atomic mass is 10.1. The molecule has 0 saturated heterocycles. The van der Waals surface area contributed by atoms with E-state index in [1.165, 1.54) is 13.2 Å². The number of carboxylic acids is 1. The van der Waals surface area contributed by atoms with Gasteiger partial charge in [0.05, 0.1) is 7.11 Å². The first-order chi connectivity index (χ1) is 16.4. The Balaban J connectivity index is 1.56. The van der Waals surface area contributed by atoms with E-state index >= 15 is 0 Å². The lowest BCUT2D eigenvalue weighted by Crippen LogP contribution is -2.34. The Morgan fingerprint density at radius 3 is 2.47 bits per heavy atom. The van der Waals surface area contributed by atoms with Crippen molar-refractivity contribution >= 4 is 27.8 Å². The number of rotatable bonds is 9. The van der Waals surface area contributed by atoms with Crippen LogP contribution >= 0.6 is 15.9 Å². The second-order valence-electron chi connectivity index (χ2n) is 7.50. The summed E-state index contributed by atoms with van der Waals surface area (Å²) in [5.74, 6) is -0.00580. The van der Waals surface area contributed by atoms with Gasteiger partial charge in [-0.25, -0.2) is 4.79 Å². The number of carbonyl (C=O) groups is 2. The molecule has 0 spiro atoms. The molecule has 0 bridgehead atoms. The van der Waals surface area contributed by atoms with Crippen LogP contribution in [0.3, 0.4) is 0 Å². The molecule has 0 aliphatic carbocycles. The van der Waals surface area contributed by atoms with Crippen LogP contribution in [0.15, 0.2) is 65.1 Å². The van der Waals surface area contributed by atoms with E-state index in [9.17, 15) is 14.7 Å². The number of fused-ring (bicyclic) bond motifs is 1. The summed E-state index contributed by atoms with van der Waals surface area (Å²) in [6.45, 7) is 0.452. The average Bonchev–Trinajstić information content (AvgIpc) is 3.30. The van der Waals surface area contributed by atoms with E-state index in [1.54, 1.807) is 11.0 Å². The van der Waals surface area contributed by atoms with Gasteiger partial charge in [-0.15, -0.1) is 0 Å². The zero-order chi connectivity index (χ0) is 24.1. The van der Waals surface area contributed by atoms with Crippen LogP contribution in [-0.4, -0.2) is 42.4 Å². The molecular weight excluding hydrogens is 506 g/mol. The molecule has 0 radical (unpaired) electrons. The molecule has 1 N–H and O–H groups in total. The minimum Gasteiger partial charge on any atom is -0.493 e. The minimum atomic E-state index is -1.19. The molecule has 0 saturated carbocycles. The maximum absolute atomic E-state index is 13.3. The molecule has 4 rings (SSSR count). The Kier molecular flexibility index (Phi) is 7.22. The number of aromatic carboxylic acids is 1. The van der Waals surface area contributed by atoms with Crippen molar-refractivity contribution in [1.82, 2.24) is 4.90 Å². The van der Waals surface area contributed by atoms with E-state index in [1.807, 2.05) is 48.5 Å². The maximum atomic E-state index is 13.3. The third kappa shape index (κ3) is 5.43. The standard InChI is InChI=1S/C25H22BrNO7/c1-31-22-11-18(26)10-19(25(29)30)24(22)32-14-23(28)27(12-16-5-3-2-4-6-16)13-17-7-8-20-21(9-17)34-15-33-20/h2-11H,12-15H2,1H3,(H,29,30). The molecule has 1 heterocycles. The van der Waals surface area contributed by atoms with Gasteiger partial charge in [-0.2, -0.15) is 0 Å². The average molecular weight is 528 g/mol. The smallest absolute Gasteiger partial charge is 0.339 e. The Hall–Kier alpha value is -3.72. The van der Waals surface area contributed by atoms with Gasteiger partial charge in [0.15, 0.2) is 29.6 Å². The summed E-state index contributed by atoms with van der Waals surface area (Å²) in [4.78, 5) is 26.6. The van der Waals surface area contributed by atoms with Crippen LogP contribution in [0.5, 0.6) is 23.0 Å². The van der Waals surface area contributed by atoms with Gasteiger partial charge in [-0.3, -0.25) is 4.79 Å². The first kappa shape index (κ1) is 23.4. The lowest BCUT2D eigenvalue weighted by Gasteiger charge is -2.24. The number of methoxy groups -OCH3 is 1. The number of carbonyl (C=O) groups excluding carboxylic acids is 1. The summed E-state index contributed by atoms with van der Waals surface area (Å²) in [5, 5.41) is 9.58. The quantitative estimate of drug-likeness (QED) is 0.437. The fourth-order valence-corrected chi connectivity index (χ4v) is 3.99. The molecule has 176 valence electrons. The number of hydrogen-bond donors (Lipinski definition) is 1. The Bertz CT molecular complexity index is 1200. The van der Waals surface area contributed by atoms with Crippen molar-refractivity contribution in [3.63, 3.8) is 0 Å². The number of nitrogens with zero attached hydrogens (tertiary/aromatic N) is 1. The van der Waals surface area contributed by atoms with Gasteiger partial charge in [-0.1, -0.05) is 52.3 Å². The first-order valence-electron chi connectivity index (χ1n) is 10.4. The zero-order valence-electron chi connectivity index (χ0n) is 18.3. The molecule has 1 aliphatic rings. The van der Waals surface area contributed by atoms with Gasteiger partial charge in [0.1, 0.15) is 5.56 Å². The second kappa shape index (κ2) is 10.5. The number of benzene rings is 3. The van der Waals surface area contributed by atoms with Gasteiger partial charge in [0, 0.05) is 17.6 Å². The van der Waals surface area contributed by atoms with Gasteiger partial charge in [0.2, 0.25) is 6.79 Å². The zero-order valence-corrected chi connectivity index (χ0v) is 19.9. The molecule has 0 atom stereocenters. The maximum Gasteiger partial charge on any atom is 0.339 e. The van der Waals surface area contributed by atoms with Crippen LogP contribution < -0.4 is 18.9 Å². The number of amides is 1. The summed E-state index contributed by atoms with van der Waals surface area (Å²) >= 11 is 3.26. The molecule has 8 nitrogen and oxygen atoms in total. The fraction of sp³-hybridized carbons (Fsp3) is 0.200. The summed E-state index contributed by atoms with van der Waals surface area (Å²) in [5.41, 5.74) is 1.70. The number of halogens is 1. The van der Waals surface area contributed by atoms with E-state index in [-0.39, 0.29) is 36.4 Å². The fourth-order valence-electron chi connectivity index (χ4n) is 3.55. The van der Waals surface area contributed by atoms with Crippen molar-refractivity contribution < 1.29 is 33.6 Å². The molecule has 0 fully saturated rings. The highest BCUT2D eigenvalue weighted by Crippen LogP contribution is 2.35. The number of hydrogen-bond acceptors (Lipinski definition) is 6. The van der Waals surface area contributed by atoms with E-state index in [4.69, 9.17) is 18.9 Å². The lowest BCUT2D eigenvalue weighted by molar-refractivity contribution is -0.134. The largest absolute Gasteiger partial charge is 0.493 e. The Labute approximate surface area is 204 Å². The third-order valence-corrected chi connectivity index (χ3v) is 5.65. The molecule has 0 aromatic heterocycles. The molecular formula is C25H22BrNO7. The number of carboxylic acid groups (broad SMARTS) is 1. The van der Waals surface area contributed by atoms with Gasteiger partial charge in [0.25, 0.3) is 5.91 Å². The summed E-state index contributed by atoms with van der Waals surface area (Å²) in [6.07, 6.45) is 0. The van der Waals surface area contributed by atoms with Crippen molar-refractivity contribution in [3.8, 4) is 23.0 Å². The van der Waals surface area contributed by atoms with Crippen LogP contribution in [0, 0.1) is 0 Å². The van der Waals surface area contributed by atoms with Crippen molar-refractivity contribution in [2.75, 3.05) is 20.5 Å². The molecule has 1 aliphatic heterocycles. The Morgan fingerprint density at radius 2 is 1.74 bits per heavy atom. The molecule has 9 heteroatoms. The molecule has 34 heavy (non-hydrogen) atoms. The van der Waals surface area contributed by atoms with Crippen LogP contribution in [0.2, 0.25) is 0 Å². The van der Waals surface area contributed by atoms with E-state index in [0.717, 1.165) is 11.1 Å². The first-order valence-corrected chi connectivity index (χ1v) is 11.2. The monoisotopic (exact) mass is 527 g/mol. The van der Waals surface area contributed by atoms with Crippen molar-refractivity contribution in [2.45, 2.75) is 13.1 Å². The van der Waals surface area contributed by atoms with Gasteiger partial charge < -0.3 is 29.0 Å². The van der Waals surface area contributed by atoms with Gasteiger partial charge >= 0.3 is 5.97 Å². The summed E-state index contributed by atoms with van der Waals surface area (Å²) < 4.78 is 22.3. The van der Waals surface area contributed by atoms with Crippen molar-refractivity contribution in [2.24, 2.45) is 0 Å². The highest BCUT2D eigenvalue weighted by Gasteiger charge is 2.22. The predicted octanol–water partition coefficient (Wildman–Crippen LogP) is 4.49. The van der Waals surface area contributed by atoms with Gasteiger partial charge in [-0.05, 0) is 35.4 Å². The third-order valence-electron chi connectivity index (χ3n) is 5.19. The molecule has 1 amide bonds. The summed E-state index contributed by atoms with van der Waals surface area (Å²) in [7, 11) is 1.41. The topological polar surface area (TPSA) is 94.5 Å². The molecule has 3 aromatic carbocycles. The van der Waals surface area contributed by atoms with Crippen LogP contribution in [0.4, 0.5) is 0 Å². The minimum absolute atomic E-state index is 0.00529. The van der Waals surface area contributed by atoms with Crippen LogP contribution in [0.1, 0.15) is 21.5 Å². The Morgan fingerprint density at radius 1 is 1.00 bits per heavy atom. The highest BCUT2D eigenvalue weighted by atomic mass is 79.9.